The van der Waals surface area contributed by atoms with Gasteiger partial charge in [-0.3, -0.25) is 0 Å². The standard InChI is InChI=1S/C12H11Cl2F3N2O2/c1-21-11(20)9-6(12(15,16)17)8(7(13)10(14)19-9)18-4-5-2-3-5/h5H,2-4H2,1H3,(H,18,19). The number of pyridine rings is 1. The highest BCUT2D eigenvalue weighted by molar-refractivity contribution is 6.43. The molecular weight excluding hydrogens is 332 g/mol. The molecule has 1 aliphatic carbocycles. The fraction of sp³-hybridized carbons (Fsp3) is 0.500. The number of hydrogen-bond donors (Lipinski definition) is 1. The normalized spacial score (nSPS) is 15.0. The molecule has 1 heterocycles. The zero-order chi connectivity index (χ0) is 15.8. The van der Waals surface area contributed by atoms with E-state index in [0.29, 0.717) is 12.5 Å². The van der Waals surface area contributed by atoms with Crippen LogP contribution in [0.3, 0.4) is 0 Å². The Labute approximate surface area is 128 Å². The van der Waals surface area contributed by atoms with Crippen LogP contribution in [0.1, 0.15) is 28.9 Å². The Hall–Kier alpha value is -1.21. The summed E-state index contributed by atoms with van der Waals surface area (Å²) in [6.45, 7) is 0.323. The third kappa shape index (κ3) is 3.52. The van der Waals surface area contributed by atoms with E-state index in [1.165, 1.54) is 0 Å². The van der Waals surface area contributed by atoms with Gasteiger partial charge in [0.15, 0.2) is 10.8 Å². The minimum Gasteiger partial charge on any atom is -0.464 e. The Balaban J connectivity index is 2.56. The van der Waals surface area contributed by atoms with E-state index < -0.39 is 29.1 Å². The van der Waals surface area contributed by atoms with Crippen molar-refractivity contribution >= 4 is 34.9 Å². The van der Waals surface area contributed by atoms with Gasteiger partial charge in [-0.05, 0) is 18.8 Å². The molecule has 0 aromatic carbocycles. The minimum absolute atomic E-state index is 0.302. The molecule has 1 fully saturated rings. The predicted molar refractivity (Wildman–Crippen MR) is 71.8 cm³/mol. The minimum atomic E-state index is -4.82. The number of alkyl halides is 3. The quantitative estimate of drug-likeness (QED) is 0.663. The molecule has 0 amide bonds. The maximum absolute atomic E-state index is 13.3. The third-order valence-electron chi connectivity index (χ3n) is 3.02. The highest BCUT2D eigenvalue weighted by Crippen LogP contribution is 2.43. The monoisotopic (exact) mass is 342 g/mol. The lowest BCUT2D eigenvalue weighted by Crippen LogP contribution is -2.20. The van der Waals surface area contributed by atoms with Gasteiger partial charge in [0.1, 0.15) is 10.6 Å². The molecule has 0 aliphatic heterocycles. The van der Waals surface area contributed by atoms with Crippen molar-refractivity contribution in [3.05, 3.63) is 21.4 Å². The number of rotatable bonds is 4. The molecule has 116 valence electrons. The molecule has 21 heavy (non-hydrogen) atoms. The summed E-state index contributed by atoms with van der Waals surface area (Å²) < 4.78 is 44.1. The molecular formula is C12H11Cl2F3N2O2. The van der Waals surface area contributed by atoms with E-state index in [1.54, 1.807) is 0 Å². The summed E-state index contributed by atoms with van der Waals surface area (Å²) in [5.41, 5.74) is -2.60. The largest absolute Gasteiger partial charge is 0.464 e. The molecule has 1 aliphatic rings. The van der Waals surface area contributed by atoms with Crippen LogP contribution in [0.15, 0.2) is 0 Å². The van der Waals surface area contributed by atoms with Crippen LogP contribution in [0.4, 0.5) is 18.9 Å². The number of hydrogen-bond acceptors (Lipinski definition) is 4. The number of carbonyl (C=O) groups is 1. The highest BCUT2D eigenvalue weighted by atomic mass is 35.5. The fourth-order valence-corrected chi connectivity index (χ4v) is 2.17. The number of aromatic nitrogens is 1. The molecule has 1 saturated carbocycles. The molecule has 0 unspecified atom stereocenters. The van der Waals surface area contributed by atoms with Crippen LogP contribution in [-0.4, -0.2) is 24.6 Å². The summed E-state index contributed by atoms with van der Waals surface area (Å²) in [5, 5.41) is 1.88. The molecule has 0 spiro atoms. The second-order valence-electron chi connectivity index (χ2n) is 4.63. The lowest BCUT2D eigenvalue weighted by Gasteiger charge is -2.19. The molecule has 4 nitrogen and oxygen atoms in total. The molecule has 9 heteroatoms. The van der Waals surface area contributed by atoms with Gasteiger partial charge < -0.3 is 10.1 Å². The molecule has 0 bridgehead atoms. The topological polar surface area (TPSA) is 51.2 Å². The fourth-order valence-electron chi connectivity index (χ4n) is 1.79. The molecule has 0 saturated heterocycles. The van der Waals surface area contributed by atoms with Gasteiger partial charge in [0.25, 0.3) is 0 Å². The second kappa shape index (κ2) is 5.88. The van der Waals surface area contributed by atoms with Gasteiger partial charge in [-0.25, -0.2) is 9.78 Å². The lowest BCUT2D eigenvalue weighted by atomic mass is 10.1. The number of methoxy groups -OCH3 is 1. The first-order valence-electron chi connectivity index (χ1n) is 6.04. The molecule has 1 aromatic heterocycles. The number of anilines is 1. The smallest absolute Gasteiger partial charge is 0.420 e. The van der Waals surface area contributed by atoms with E-state index in [2.05, 4.69) is 15.0 Å². The summed E-state index contributed by atoms with van der Waals surface area (Å²) in [6, 6.07) is 0. The van der Waals surface area contributed by atoms with Gasteiger partial charge >= 0.3 is 12.1 Å². The first-order valence-corrected chi connectivity index (χ1v) is 6.79. The van der Waals surface area contributed by atoms with Crippen molar-refractivity contribution in [3.63, 3.8) is 0 Å². The van der Waals surface area contributed by atoms with E-state index in [4.69, 9.17) is 23.2 Å². The summed E-state index contributed by atoms with van der Waals surface area (Å²) >= 11 is 11.5. The maximum atomic E-state index is 13.3. The zero-order valence-electron chi connectivity index (χ0n) is 10.9. The van der Waals surface area contributed by atoms with Gasteiger partial charge in [0.2, 0.25) is 0 Å². The molecule has 2 rings (SSSR count). The number of nitrogens with one attached hydrogen (secondary N) is 1. The highest BCUT2D eigenvalue weighted by Gasteiger charge is 2.41. The number of esters is 1. The summed E-state index contributed by atoms with van der Waals surface area (Å²) in [6.07, 6.45) is -2.94. The first kappa shape index (κ1) is 16.2. The molecule has 1 aromatic rings. The Morgan fingerprint density at radius 3 is 2.52 bits per heavy atom. The van der Waals surface area contributed by atoms with Crippen LogP contribution in [0.5, 0.6) is 0 Å². The van der Waals surface area contributed by atoms with E-state index in [0.717, 1.165) is 20.0 Å². The van der Waals surface area contributed by atoms with Crippen molar-refractivity contribution in [2.75, 3.05) is 19.0 Å². The zero-order valence-corrected chi connectivity index (χ0v) is 12.4. The van der Waals surface area contributed by atoms with Crippen molar-refractivity contribution < 1.29 is 22.7 Å². The second-order valence-corrected chi connectivity index (χ2v) is 5.36. The molecule has 0 radical (unpaired) electrons. The van der Waals surface area contributed by atoms with Crippen LogP contribution < -0.4 is 5.32 Å². The summed E-state index contributed by atoms with van der Waals surface area (Å²) in [5.74, 6) is -0.925. The van der Waals surface area contributed by atoms with Crippen molar-refractivity contribution in [2.24, 2.45) is 5.92 Å². The number of ether oxygens (including phenoxy) is 1. The SMILES string of the molecule is COC(=O)c1nc(Cl)c(Cl)c(NCC2CC2)c1C(F)(F)F. The lowest BCUT2D eigenvalue weighted by molar-refractivity contribution is -0.137. The molecule has 0 atom stereocenters. The van der Waals surface area contributed by atoms with Crippen molar-refractivity contribution in [2.45, 2.75) is 19.0 Å². The van der Waals surface area contributed by atoms with Gasteiger partial charge in [0, 0.05) is 6.54 Å². The average molecular weight is 343 g/mol. The Kier molecular flexibility index (Phi) is 4.53. The maximum Gasteiger partial charge on any atom is 0.420 e. The van der Waals surface area contributed by atoms with Crippen LogP contribution in [0.2, 0.25) is 10.2 Å². The Morgan fingerprint density at radius 1 is 1.43 bits per heavy atom. The number of carbonyl (C=O) groups excluding carboxylic acids is 1. The van der Waals surface area contributed by atoms with E-state index >= 15 is 0 Å². The van der Waals surface area contributed by atoms with Crippen molar-refractivity contribution in [1.29, 1.82) is 0 Å². The van der Waals surface area contributed by atoms with E-state index in [-0.39, 0.29) is 10.2 Å². The van der Waals surface area contributed by atoms with E-state index in [1.807, 2.05) is 0 Å². The van der Waals surface area contributed by atoms with Gasteiger partial charge in [-0.1, -0.05) is 23.2 Å². The van der Waals surface area contributed by atoms with E-state index in [9.17, 15) is 18.0 Å². The number of nitrogens with zero attached hydrogens (tertiary/aromatic N) is 1. The predicted octanol–water partition coefficient (Wildman–Crippen LogP) is 4.02. The number of halogens is 5. The average Bonchev–Trinajstić information content (AvgIpc) is 3.21. The van der Waals surface area contributed by atoms with Crippen LogP contribution in [0, 0.1) is 5.92 Å². The van der Waals surface area contributed by atoms with Crippen LogP contribution in [-0.2, 0) is 10.9 Å². The van der Waals surface area contributed by atoms with Crippen LogP contribution >= 0.6 is 23.2 Å². The summed E-state index contributed by atoms with van der Waals surface area (Å²) in [7, 11) is 0.962. The van der Waals surface area contributed by atoms with Crippen molar-refractivity contribution in [3.8, 4) is 0 Å². The summed E-state index contributed by atoms with van der Waals surface area (Å²) in [4.78, 5) is 14.9. The van der Waals surface area contributed by atoms with Crippen molar-refractivity contribution in [1.82, 2.24) is 4.98 Å². The Morgan fingerprint density at radius 2 is 2.05 bits per heavy atom. The van der Waals surface area contributed by atoms with Gasteiger partial charge in [0.05, 0.1) is 12.8 Å². The van der Waals surface area contributed by atoms with Gasteiger partial charge in [-0.2, -0.15) is 13.2 Å². The molecule has 1 N–H and O–H groups in total. The third-order valence-corrected chi connectivity index (χ3v) is 3.76. The first-order chi connectivity index (χ1) is 9.75. The van der Waals surface area contributed by atoms with Crippen LogP contribution in [0.25, 0.3) is 0 Å². The van der Waals surface area contributed by atoms with Gasteiger partial charge in [-0.15, -0.1) is 0 Å². The Bertz CT molecular complexity index is 575.